The molecule has 0 aliphatic heterocycles. The van der Waals surface area contributed by atoms with Gasteiger partial charge in [-0.2, -0.15) is 0 Å². The van der Waals surface area contributed by atoms with Gasteiger partial charge in [-0.25, -0.2) is 9.67 Å². The summed E-state index contributed by atoms with van der Waals surface area (Å²) in [6.45, 7) is 2.43. The minimum Gasteiger partial charge on any atom is -0.481 e. The molecule has 0 saturated carbocycles. The molecule has 102 valence electrons. The lowest BCUT2D eigenvalue weighted by atomic mass is 10.0. The van der Waals surface area contributed by atoms with Gasteiger partial charge in [0.2, 0.25) is 5.82 Å². The number of carbonyl (C=O) groups is 1. The Morgan fingerprint density at radius 1 is 1.53 bits per heavy atom. The normalized spacial score (nSPS) is 12.5. The summed E-state index contributed by atoms with van der Waals surface area (Å²) in [5.74, 6) is -0.243. The molecule has 0 aromatic carbocycles. The first-order valence-corrected chi connectivity index (χ1v) is 6.06. The quantitative estimate of drug-likeness (QED) is 0.819. The maximum Gasteiger partial charge on any atom is 0.303 e. The molecular formula is C11H16N6O2. The summed E-state index contributed by atoms with van der Waals surface area (Å²) < 4.78 is 3.42. The molecule has 8 nitrogen and oxygen atoms in total. The number of tetrazole rings is 1. The van der Waals surface area contributed by atoms with Gasteiger partial charge in [0.25, 0.3) is 0 Å². The van der Waals surface area contributed by atoms with Crippen molar-refractivity contribution in [1.29, 1.82) is 0 Å². The monoisotopic (exact) mass is 264 g/mol. The van der Waals surface area contributed by atoms with Gasteiger partial charge in [0.15, 0.2) is 0 Å². The number of hydrogen-bond acceptors (Lipinski definition) is 5. The van der Waals surface area contributed by atoms with Gasteiger partial charge >= 0.3 is 5.97 Å². The van der Waals surface area contributed by atoms with Crippen molar-refractivity contribution in [3.05, 3.63) is 12.5 Å². The zero-order valence-corrected chi connectivity index (χ0v) is 10.9. The van der Waals surface area contributed by atoms with Gasteiger partial charge in [-0.3, -0.25) is 4.79 Å². The highest BCUT2D eigenvalue weighted by Gasteiger charge is 2.17. The van der Waals surface area contributed by atoms with E-state index in [1.165, 1.54) is 0 Å². The van der Waals surface area contributed by atoms with Gasteiger partial charge in [0.05, 0.1) is 6.33 Å². The Morgan fingerprint density at radius 3 is 2.89 bits per heavy atom. The molecule has 0 spiro atoms. The molecule has 0 aliphatic rings. The first-order chi connectivity index (χ1) is 9.10. The van der Waals surface area contributed by atoms with Crippen LogP contribution in [-0.2, 0) is 18.4 Å². The molecule has 2 aromatic heterocycles. The fraction of sp³-hybridized carbons (Fsp3) is 0.545. The summed E-state index contributed by atoms with van der Waals surface area (Å²) in [6, 6.07) is 0. The van der Waals surface area contributed by atoms with E-state index in [2.05, 4.69) is 20.5 Å². The van der Waals surface area contributed by atoms with Crippen LogP contribution in [0.2, 0.25) is 0 Å². The highest BCUT2D eigenvalue weighted by Crippen LogP contribution is 2.16. The van der Waals surface area contributed by atoms with Crippen molar-refractivity contribution in [3.8, 4) is 11.5 Å². The lowest BCUT2D eigenvalue weighted by Crippen LogP contribution is -2.16. The zero-order chi connectivity index (χ0) is 13.8. The van der Waals surface area contributed by atoms with Crippen molar-refractivity contribution >= 4 is 5.97 Å². The van der Waals surface area contributed by atoms with Crippen molar-refractivity contribution < 1.29 is 9.90 Å². The van der Waals surface area contributed by atoms with Crippen LogP contribution in [0.25, 0.3) is 11.5 Å². The van der Waals surface area contributed by atoms with Crippen molar-refractivity contribution in [2.75, 3.05) is 0 Å². The Balaban J connectivity index is 2.17. The summed E-state index contributed by atoms with van der Waals surface area (Å²) >= 11 is 0. The predicted molar refractivity (Wildman–Crippen MR) is 66.1 cm³/mol. The van der Waals surface area contributed by atoms with E-state index in [1.54, 1.807) is 11.0 Å². The van der Waals surface area contributed by atoms with Crippen LogP contribution >= 0.6 is 0 Å². The highest BCUT2D eigenvalue weighted by molar-refractivity contribution is 5.67. The Kier molecular flexibility index (Phi) is 3.88. The molecule has 0 fully saturated rings. The number of nitrogens with zero attached hydrogens (tertiary/aromatic N) is 6. The number of carboxylic acid groups (broad SMARTS) is 1. The predicted octanol–water partition coefficient (Wildman–Crippen LogP) is 0.574. The van der Waals surface area contributed by atoms with Crippen LogP contribution < -0.4 is 0 Å². The van der Waals surface area contributed by atoms with Gasteiger partial charge in [0.1, 0.15) is 5.69 Å². The molecule has 2 aromatic rings. The Hall–Kier alpha value is -2.25. The van der Waals surface area contributed by atoms with Crippen molar-refractivity contribution in [2.45, 2.75) is 26.3 Å². The molecule has 2 rings (SSSR count). The van der Waals surface area contributed by atoms with Gasteiger partial charge in [-0.05, 0) is 16.3 Å². The molecule has 1 atom stereocenters. The average Bonchev–Trinajstić information content (AvgIpc) is 2.96. The molecule has 1 N–H and O–H groups in total. The van der Waals surface area contributed by atoms with Gasteiger partial charge < -0.3 is 9.67 Å². The second-order valence-corrected chi connectivity index (χ2v) is 4.48. The summed E-state index contributed by atoms with van der Waals surface area (Å²) in [5, 5.41) is 20.4. The number of rotatable bonds is 6. The van der Waals surface area contributed by atoms with Crippen LogP contribution in [0, 0.1) is 5.92 Å². The number of imidazole rings is 1. The van der Waals surface area contributed by atoms with Crippen LogP contribution in [0.3, 0.4) is 0 Å². The lowest BCUT2D eigenvalue weighted by molar-refractivity contribution is -0.138. The first-order valence-electron chi connectivity index (χ1n) is 6.06. The highest BCUT2D eigenvalue weighted by atomic mass is 16.4. The van der Waals surface area contributed by atoms with E-state index in [9.17, 15) is 4.79 Å². The van der Waals surface area contributed by atoms with Gasteiger partial charge in [0, 0.05) is 26.2 Å². The van der Waals surface area contributed by atoms with E-state index in [-0.39, 0.29) is 12.3 Å². The van der Waals surface area contributed by atoms with Gasteiger partial charge in [-0.15, -0.1) is 5.10 Å². The Morgan fingerprint density at radius 2 is 2.32 bits per heavy atom. The Labute approximate surface area is 110 Å². The van der Waals surface area contributed by atoms with Crippen LogP contribution in [0.5, 0.6) is 0 Å². The van der Waals surface area contributed by atoms with Crippen LogP contribution in [0.1, 0.15) is 19.8 Å². The SMILES string of the molecule is CCC(CC(=O)O)Cn1nnnc1-c1cn(C)cn1. The minimum atomic E-state index is -0.806. The maximum absolute atomic E-state index is 10.8. The third kappa shape index (κ3) is 3.15. The Bertz CT molecular complexity index is 561. The molecule has 8 heteroatoms. The zero-order valence-electron chi connectivity index (χ0n) is 10.9. The molecule has 0 saturated heterocycles. The van der Waals surface area contributed by atoms with Crippen molar-refractivity contribution in [2.24, 2.45) is 13.0 Å². The van der Waals surface area contributed by atoms with E-state index in [4.69, 9.17) is 5.11 Å². The molecule has 1 unspecified atom stereocenters. The van der Waals surface area contributed by atoms with E-state index in [0.717, 1.165) is 6.42 Å². The van der Waals surface area contributed by atoms with Crippen molar-refractivity contribution in [3.63, 3.8) is 0 Å². The molecule has 19 heavy (non-hydrogen) atoms. The standard InChI is InChI=1S/C11H16N6O2/c1-3-8(4-10(18)19)5-17-11(13-14-15-17)9-6-16(2)7-12-9/h6-8H,3-5H2,1-2H3,(H,18,19). The fourth-order valence-electron chi connectivity index (χ4n) is 1.87. The number of carboxylic acids is 1. The third-order valence-corrected chi connectivity index (χ3v) is 2.94. The number of aromatic nitrogens is 6. The molecule has 0 radical (unpaired) electrons. The maximum atomic E-state index is 10.8. The molecule has 0 bridgehead atoms. The largest absolute Gasteiger partial charge is 0.481 e. The lowest BCUT2D eigenvalue weighted by Gasteiger charge is -2.12. The minimum absolute atomic E-state index is 0.00321. The number of hydrogen-bond donors (Lipinski definition) is 1. The number of aryl methyl sites for hydroxylation is 1. The summed E-state index contributed by atoms with van der Waals surface area (Å²) in [7, 11) is 1.86. The van der Waals surface area contributed by atoms with E-state index < -0.39 is 5.97 Å². The fourth-order valence-corrected chi connectivity index (χ4v) is 1.87. The molecule has 0 aliphatic carbocycles. The van der Waals surface area contributed by atoms with Crippen LogP contribution in [0.15, 0.2) is 12.5 Å². The number of aliphatic carboxylic acids is 1. The topological polar surface area (TPSA) is 98.7 Å². The second kappa shape index (κ2) is 5.59. The molecule has 0 amide bonds. The summed E-state index contributed by atoms with van der Waals surface area (Å²) in [5.41, 5.74) is 0.678. The van der Waals surface area contributed by atoms with Crippen LogP contribution in [-0.4, -0.2) is 40.8 Å². The van der Waals surface area contributed by atoms with E-state index >= 15 is 0 Å². The molecule has 2 heterocycles. The summed E-state index contributed by atoms with van der Waals surface area (Å²) in [6.07, 6.45) is 4.36. The van der Waals surface area contributed by atoms with E-state index in [1.807, 2.05) is 24.7 Å². The second-order valence-electron chi connectivity index (χ2n) is 4.48. The van der Waals surface area contributed by atoms with Crippen LogP contribution in [0.4, 0.5) is 0 Å². The van der Waals surface area contributed by atoms with Crippen molar-refractivity contribution in [1.82, 2.24) is 29.8 Å². The summed E-state index contributed by atoms with van der Waals surface area (Å²) in [4.78, 5) is 15.0. The smallest absolute Gasteiger partial charge is 0.303 e. The van der Waals surface area contributed by atoms with E-state index in [0.29, 0.717) is 18.1 Å². The average molecular weight is 264 g/mol. The first kappa shape index (κ1) is 13.2. The van der Waals surface area contributed by atoms with Gasteiger partial charge in [-0.1, -0.05) is 13.3 Å². The molecular weight excluding hydrogens is 248 g/mol. The third-order valence-electron chi connectivity index (χ3n) is 2.94.